The van der Waals surface area contributed by atoms with Crippen LogP contribution in [0.15, 0.2) is 24.3 Å². The second kappa shape index (κ2) is 8.13. The summed E-state index contributed by atoms with van der Waals surface area (Å²) in [7, 11) is 0. The molecule has 0 radical (unpaired) electrons. The van der Waals surface area contributed by atoms with E-state index in [2.05, 4.69) is 0 Å². The molecule has 118 valence electrons. The zero-order chi connectivity index (χ0) is 15.9. The van der Waals surface area contributed by atoms with Gasteiger partial charge in [-0.05, 0) is 37.0 Å². The molecule has 0 spiro atoms. The van der Waals surface area contributed by atoms with Crippen LogP contribution in [0.4, 0.5) is 4.39 Å². The Morgan fingerprint density at radius 3 is 2.19 bits per heavy atom. The highest BCUT2D eigenvalue weighted by Crippen LogP contribution is 2.28. The quantitative estimate of drug-likeness (QED) is 0.799. The van der Waals surface area contributed by atoms with Crippen molar-refractivity contribution in [2.24, 2.45) is 11.1 Å². The predicted molar refractivity (Wildman–Crippen MR) is 84.2 cm³/mol. The number of halogens is 1. The fraction of sp³-hybridized carbons (Fsp3) is 0.588. The highest BCUT2D eigenvalue weighted by Gasteiger charge is 2.36. The summed E-state index contributed by atoms with van der Waals surface area (Å²) in [4.78, 5) is 14.7. The molecule has 0 saturated heterocycles. The van der Waals surface area contributed by atoms with Gasteiger partial charge in [0.25, 0.3) is 0 Å². The fourth-order valence-corrected chi connectivity index (χ4v) is 2.60. The third kappa shape index (κ3) is 4.27. The topological polar surface area (TPSA) is 46.3 Å². The van der Waals surface area contributed by atoms with Gasteiger partial charge in [0.05, 0.1) is 5.41 Å². The number of hydrogen-bond donors (Lipinski definition) is 1. The van der Waals surface area contributed by atoms with Gasteiger partial charge in [-0.25, -0.2) is 4.39 Å². The third-order valence-electron chi connectivity index (χ3n) is 4.27. The van der Waals surface area contributed by atoms with Gasteiger partial charge in [0, 0.05) is 19.6 Å². The van der Waals surface area contributed by atoms with Gasteiger partial charge < -0.3 is 10.6 Å². The van der Waals surface area contributed by atoms with Gasteiger partial charge in [-0.15, -0.1) is 0 Å². The Morgan fingerprint density at radius 2 is 1.76 bits per heavy atom. The molecule has 0 aliphatic carbocycles. The summed E-state index contributed by atoms with van der Waals surface area (Å²) in [5.41, 5.74) is 6.34. The minimum absolute atomic E-state index is 0.112. The van der Waals surface area contributed by atoms with Crippen molar-refractivity contribution in [3.05, 3.63) is 35.6 Å². The summed E-state index contributed by atoms with van der Waals surface area (Å²) in [5, 5.41) is 0. The predicted octanol–water partition coefficient (Wildman–Crippen LogP) is 3.33. The minimum atomic E-state index is -0.477. The van der Waals surface area contributed by atoms with Gasteiger partial charge in [-0.2, -0.15) is 0 Å². The first-order chi connectivity index (χ1) is 10.0. The smallest absolute Gasteiger partial charge is 0.230 e. The van der Waals surface area contributed by atoms with Gasteiger partial charge in [0.1, 0.15) is 5.82 Å². The number of nitrogens with two attached hydrogens (primary N) is 1. The van der Waals surface area contributed by atoms with E-state index in [-0.39, 0.29) is 11.7 Å². The van der Waals surface area contributed by atoms with Crippen molar-refractivity contribution in [3.63, 3.8) is 0 Å². The van der Waals surface area contributed by atoms with Crippen LogP contribution in [0.3, 0.4) is 0 Å². The first-order valence-corrected chi connectivity index (χ1v) is 7.76. The average molecular weight is 294 g/mol. The second-order valence-corrected chi connectivity index (χ2v) is 5.54. The SMILES string of the molecule is CCCN(Cc1ccc(F)cc1)C(=O)C(CC)(CC)CN. The molecule has 1 aromatic carbocycles. The van der Waals surface area contributed by atoms with Crippen molar-refractivity contribution in [2.75, 3.05) is 13.1 Å². The number of amides is 1. The molecule has 1 rings (SSSR count). The van der Waals surface area contributed by atoms with E-state index in [0.717, 1.165) is 24.8 Å². The van der Waals surface area contributed by atoms with Crippen molar-refractivity contribution in [1.82, 2.24) is 4.90 Å². The van der Waals surface area contributed by atoms with Crippen molar-refractivity contribution < 1.29 is 9.18 Å². The lowest BCUT2D eigenvalue weighted by Gasteiger charge is -2.35. The van der Waals surface area contributed by atoms with Crippen LogP contribution < -0.4 is 5.73 Å². The zero-order valence-corrected chi connectivity index (χ0v) is 13.4. The maximum atomic E-state index is 13.0. The van der Waals surface area contributed by atoms with Crippen LogP contribution in [0.25, 0.3) is 0 Å². The zero-order valence-electron chi connectivity index (χ0n) is 13.4. The summed E-state index contributed by atoms with van der Waals surface area (Å²) >= 11 is 0. The largest absolute Gasteiger partial charge is 0.338 e. The summed E-state index contributed by atoms with van der Waals surface area (Å²) < 4.78 is 13.0. The molecule has 1 aromatic rings. The maximum Gasteiger partial charge on any atom is 0.230 e. The molecule has 0 saturated carbocycles. The molecule has 0 aromatic heterocycles. The summed E-state index contributed by atoms with van der Waals surface area (Å²) in [6.45, 7) is 7.63. The first-order valence-electron chi connectivity index (χ1n) is 7.76. The van der Waals surface area contributed by atoms with Crippen molar-refractivity contribution in [2.45, 2.75) is 46.6 Å². The molecule has 21 heavy (non-hydrogen) atoms. The Bertz CT molecular complexity index is 432. The number of carbonyl (C=O) groups is 1. The highest BCUT2D eigenvalue weighted by atomic mass is 19.1. The van der Waals surface area contributed by atoms with Crippen LogP contribution in [-0.2, 0) is 11.3 Å². The lowest BCUT2D eigenvalue weighted by molar-refractivity contribution is -0.143. The molecule has 0 unspecified atom stereocenters. The monoisotopic (exact) mass is 294 g/mol. The van der Waals surface area contributed by atoms with Crippen LogP contribution in [0.1, 0.15) is 45.6 Å². The van der Waals surface area contributed by atoms with E-state index in [1.807, 2.05) is 25.7 Å². The van der Waals surface area contributed by atoms with Crippen molar-refractivity contribution >= 4 is 5.91 Å². The summed E-state index contributed by atoms with van der Waals surface area (Å²) in [6.07, 6.45) is 2.37. The number of hydrogen-bond acceptors (Lipinski definition) is 2. The van der Waals surface area contributed by atoms with Gasteiger partial charge in [0.15, 0.2) is 0 Å². The Morgan fingerprint density at radius 1 is 1.19 bits per heavy atom. The third-order valence-corrected chi connectivity index (χ3v) is 4.27. The van der Waals surface area contributed by atoms with Gasteiger partial charge in [-0.1, -0.05) is 32.9 Å². The molecule has 0 bridgehead atoms. The minimum Gasteiger partial charge on any atom is -0.338 e. The van der Waals surface area contributed by atoms with Crippen molar-refractivity contribution in [1.29, 1.82) is 0 Å². The second-order valence-electron chi connectivity index (χ2n) is 5.54. The standard InChI is InChI=1S/C17H27FN2O/c1-4-11-20(12-14-7-9-15(18)10-8-14)16(21)17(5-2,6-3)13-19/h7-10H,4-6,11-13,19H2,1-3H3. The lowest BCUT2D eigenvalue weighted by Crippen LogP contribution is -2.47. The number of nitrogens with zero attached hydrogens (tertiary/aromatic N) is 1. The fourth-order valence-electron chi connectivity index (χ4n) is 2.60. The number of benzene rings is 1. The van der Waals surface area contributed by atoms with Crippen LogP contribution in [0.2, 0.25) is 0 Å². The molecule has 1 amide bonds. The van der Waals surface area contributed by atoms with E-state index >= 15 is 0 Å². The molecule has 0 atom stereocenters. The van der Waals surface area contributed by atoms with E-state index in [9.17, 15) is 9.18 Å². The van der Waals surface area contributed by atoms with E-state index in [4.69, 9.17) is 5.73 Å². The molecule has 0 fully saturated rings. The van der Waals surface area contributed by atoms with Crippen LogP contribution in [0.5, 0.6) is 0 Å². The highest BCUT2D eigenvalue weighted by molar-refractivity contribution is 5.83. The Labute approximate surface area is 127 Å². The van der Waals surface area contributed by atoms with E-state index < -0.39 is 5.41 Å². The Hall–Kier alpha value is -1.42. The van der Waals surface area contributed by atoms with Gasteiger partial charge in [0.2, 0.25) is 5.91 Å². The van der Waals surface area contributed by atoms with E-state index in [1.165, 1.54) is 12.1 Å². The average Bonchev–Trinajstić information content (AvgIpc) is 2.51. The molecular formula is C17H27FN2O. The molecule has 0 aliphatic heterocycles. The Kier molecular flexibility index (Phi) is 6.82. The van der Waals surface area contributed by atoms with Crippen LogP contribution in [0, 0.1) is 11.2 Å². The molecule has 2 N–H and O–H groups in total. The first kappa shape index (κ1) is 17.6. The molecule has 0 aliphatic rings. The Balaban J connectivity index is 2.94. The van der Waals surface area contributed by atoms with Crippen LogP contribution >= 0.6 is 0 Å². The normalized spacial score (nSPS) is 11.5. The summed E-state index contributed by atoms with van der Waals surface area (Å²) in [5.74, 6) is -0.147. The molecule has 0 heterocycles. The van der Waals surface area contributed by atoms with E-state index in [1.54, 1.807) is 12.1 Å². The number of carbonyl (C=O) groups excluding carboxylic acids is 1. The number of rotatable bonds is 8. The molecular weight excluding hydrogens is 267 g/mol. The van der Waals surface area contributed by atoms with Gasteiger partial charge in [-0.3, -0.25) is 4.79 Å². The van der Waals surface area contributed by atoms with Crippen molar-refractivity contribution in [3.8, 4) is 0 Å². The van der Waals surface area contributed by atoms with Crippen LogP contribution in [-0.4, -0.2) is 23.9 Å². The lowest BCUT2D eigenvalue weighted by atomic mass is 9.80. The van der Waals surface area contributed by atoms with E-state index in [0.29, 0.717) is 19.6 Å². The molecule has 4 heteroatoms. The summed E-state index contributed by atoms with van der Waals surface area (Å²) in [6, 6.07) is 6.32. The molecule has 3 nitrogen and oxygen atoms in total. The maximum absolute atomic E-state index is 13.0. The van der Waals surface area contributed by atoms with Gasteiger partial charge >= 0.3 is 0 Å².